The molecule has 0 bridgehead atoms. The van der Waals surface area contributed by atoms with E-state index < -0.39 is 17.3 Å². The van der Waals surface area contributed by atoms with Gasteiger partial charge in [-0.3, -0.25) is 0 Å². The summed E-state index contributed by atoms with van der Waals surface area (Å²) in [7, 11) is 4.31. The topological polar surface area (TPSA) is 71.5 Å². The lowest BCUT2D eigenvalue weighted by Gasteiger charge is -2.10. The smallest absolute Gasteiger partial charge is 0.193 e. The standard InChI is InChI=1S/C17H16F2N4O2/c1-20-15-9(8-23-17-10(15)4-5-21-17)7-22-16-13(18)11(24-2)6-12(25-3)14(16)19/h4-8H,1-3H3,(H2,20,21,23). The van der Waals surface area contributed by atoms with Crippen molar-refractivity contribution in [3.05, 3.63) is 41.7 Å². The number of hydrogen-bond acceptors (Lipinski definition) is 5. The Morgan fingerprint density at radius 3 is 2.48 bits per heavy atom. The van der Waals surface area contributed by atoms with Gasteiger partial charge in [-0.25, -0.2) is 18.8 Å². The third-order valence-electron chi connectivity index (χ3n) is 3.75. The Hall–Kier alpha value is -3.16. The van der Waals surface area contributed by atoms with Crippen LogP contribution in [0, 0.1) is 11.6 Å². The van der Waals surface area contributed by atoms with Gasteiger partial charge in [-0.2, -0.15) is 0 Å². The van der Waals surface area contributed by atoms with Gasteiger partial charge in [0, 0.05) is 42.7 Å². The summed E-state index contributed by atoms with van der Waals surface area (Å²) in [5.41, 5.74) is 1.52. The summed E-state index contributed by atoms with van der Waals surface area (Å²) in [6, 6.07) is 2.98. The fourth-order valence-electron chi connectivity index (χ4n) is 2.52. The predicted molar refractivity (Wildman–Crippen MR) is 92.4 cm³/mol. The van der Waals surface area contributed by atoms with E-state index in [1.165, 1.54) is 20.4 Å². The zero-order valence-corrected chi connectivity index (χ0v) is 13.9. The predicted octanol–water partition coefficient (Wildman–Crippen LogP) is 3.65. The van der Waals surface area contributed by atoms with Gasteiger partial charge in [-0.15, -0.1) is 0 Å². The minimum absolute atomic E-state index is 0.154. The molecule has 3 rings (SSSR count). The average Bonchev–Trinajstić information content (AvgIpc) is 3.10. The normalized spacial score (nSPS) is 11.2. The van der Waals surface area contributed by atoms with Crippen molar-refractivity contribution in [1.82, 2.24) is 9.97 Å². The number of ether oxygens (including phenoxy) is 2. The largest absolute Gasteiger partial charge is 0.493 e. The molecule has 0 unspecified atom stereocenters. The first-order chi connectivity index (χ1) is 12.1. The first-order valence-corrected chi connectivity index (χ1v) is 7.38. The minimum atomic E-state index is -0.904. The number of pyridine rings is 1. The van der Waals surface area contributed by atoms with Crippen molar-refractivity contribution in [2.45, 2.75) is 0 Å². The second kappa shape index (κ2) is 6.76. The SMILES string of the molecule is CNc1c(C=Nc2c(F)c(OC)cc(OC)c2F)cnc2[nH]ccc12. The van der Waals surface area contributed by atoms with Crippen molar-refractivity contribution < 1.29 is 18.3 Å². The van der Waals surface area contributed by atoms with E-state index in [0.717, 1.165) is 17.1 Å². The number of halogens is 2. The molecule has 2 heterocycles. The number of nitrogens with one attached hydrogen (secondary N) is 2. The highest BCUT2D eigenvalue weighted by Gasteiger charge is 2.19. The van der Waals surface area contributed by atoms with Gasteiger partial charge < -0.3 is 19.8 Å². The molecule has 25 heavy (non-hydrogen) atoms. The maximum Gasteiger partial charge on any atom is 0.193 e. The van der Waals surface area contributed by atoms with Crippen LogP contribution in [-0.4, -0.2) is 37.4 Å². The number of nitrogens with zero attached hydrogens (tertiary/aromatic N) is 2. The van der Waals surface area contributed by atoms with E-state index in [2.05, 4.69) is 20.3 Å². The summed E-state index contributed by atoms with van der Waals surface area (Å²) in [6.45, 7) is 0. The molecular weight excluding hydrogens is 330 g/mol. The fraction of sp³-hybridized carbons (Fsp3) is 0.176. The quantitative estimate of drug-likeness (QED) is 0.692. The molecular formula is C17H16F2N4O2. The molecule has 0 aliphatic heterocycles. The number of hydrogen-bond donors (Lipinski definition) is 2. The summed E-state index contributed by atoms with van der Waals surface area (Å²) < 4.78 is 38.5. The van der Waals surface area contributed by atoms with Crippen LogP contribution in [0.15, 0.2) is 29.5 Å². The zero-order chi connectivity index (χ0) is 18.0. The Balaban J connectivity index is 2.11. The summed E-state index contributed by atoms with van der Waals surface area (Å²) in [5, 5.41) is 3.89. The molecule has 0 atom stereocenters. The lowest BCUT2D eigenvalue weighted by atomic mass is 10.2. The van der Waals surface area contributed by atoms with Gasteiger partial charge in [0.15, 0.2) is 23.1 Å². The molecule has 1 aromatic carbocycles. The van der Waals surface area contributed by atoms with Crippen molar-refractivity contribution in [2.24, 2.45) is 4.99 Å². The van der Waals surface area contributed by atoms with E-state index in [1.807, 2.05) is 6.07 Å². The Morgan fingerprint density at radius 2 is 1.88 bits per heavy atom. The molecule has 2 N–H and O–H groups in total. The molecule has 0 saturated heterocycles. The van der Waals surface area contributed by atoms with Crippen LogP contribution >= 0.6 is 0 Å². The van der Waals surface area contributed by atoms with E-state index in [1.54, 1.807) is 19.4 Å². The molecule has 0 amide bonds. The second-order valence-corrected chi connectivity index (χ2v) is 5.09. The van der Waals surface area contributed by atoms with Gasteiger partial charge >= 0.3 is 0 Å². The number of benzene rings is 1. The van der Waals surface area contributed by atoms with Crippen LogP contribution in [0.1, 0.15) is 5.56 Å². The molecule has 3 aromatic rings. The van der Waals surface area contributed by atoms with Crippen molar-refractivity contribution in [3.8, 4) is 11.5 Å². The van der Waals surface area contributed by atoms with Gasteiger partial charge in [0.25, 0.3) is 0 Å². The summed E-state index contributed by atoms with van der Waals surface area (Å²) in [6.07, 6.45) is 4.65. The molecule has 6 nitrogen and oxygen atoms in total. The summed E-state index contributed by atoms with van der Waals surface area (Å²) >= 11 is 0. The maximum absolute atomic E-state index is 14.4. The highest BCUT2D eigenvalue weighted by molar-refractivity contribution is 6.00. The number of aromatic nitrogens is 2. The lowest BCUT2D eigenvalue weighted by molar-refractivity contribution is 0.359. The molecule has 130 valence electrons. The Bertz CT molecular complexity index is 925. The maximum atomic E-state index is 14.4. The second-order valence-electron chi connectivity index (χ2n) is 5.09. The van der Waals surface area contributed by atoms with E-state index >= 15 is 0 Å². The van der Waals surface area contributed by atoms with Crippen molar-refractivity contribution in [1.29, 1.82) is 0 Å². The Kier molecular flexibility index (Phi) is 4.51. The fourth-order valence-corrected chi connectivity index (χ4v) is 2.52. The molecule has 2 aromatic heterocycles. The zero-order valence-electron chi connectivity index (χ0n) is 13.9. The molecule has 0 radical (unpaired) electrons. The van der Waals surface area contributed by atoms with Crippen molar-refractivity contribution >= 4 is 28.6 Å². The van der Waals surface area contributed by atoms with E-state index in [0.29, 0.717) is 11.2 Å². The number of aromatic amines is 1. The van der Waals surface area contributed by atoms with Gasteiger partial charge in [0.05, 0.1) is 19.9 Å². The number of methoxy groups -OCH3 is 2. The summed E-state index contributed by atoms with van der Waals surface area (Å²) in [4.78, 5) is 11.2. The minimum Gasteiger partial charge on any atom is -0.493 e. The monoisotopic (exact) mass is 346 g/mol. The van der Waals surface area contributed by atoms with Gasteiger partial charge in [0.1, 0.15) is 11.3 Å². The number of H-pyrrole nitrogens is 1. The third kappa shape index (κ3) is 2.86. The van der Waals surface area contributed by atoms with Crippen LogP contribution in [0.3, 0.4) is 0 Å². The van der Waals surface area contributed by atoms with Crippen LogP contribution in [0.25, 0.3) is 11.0 Å². The molecule has 0 aliphatic rings. The Labute approximate surface area is 142 Å². The van der Waals surface area contributed by atoms with Crippen molar-refractivity contribution in [3.63, 3.8) is 0 Å². The first-order valence-electron chi connectivity index (χ1n) is 7.38. The third-order valence-corrected chi connectivity index (χ3v) is 3.75. The number of aliphatic imine (C=N–C) groups is 1. The highest BCUT2D eigenvalue weighted by atomic mass is 19.1. The van der Waals surface area contributed by atoms with Gasteiger partial charge in [0.2, 0.25) is 0 Å². The highest BCUT2D eigenvalue weighted by Crippen LogP contribution is 2.36. The molecule has 0 aliphatic carbocycles. The van der Waals surface area contributed by atoms with Crippen LogP contribution in [0.4, 0.5) is 20.2 Å². The Morgan fingerprint density at radius 1 is 1.20 bits per heavy atom. The summed E-state index contributed by atoms with van der Waals surface area (Å²) in [5.74, 6) is -2.12. The number of rotatable bonds is 5. The number of fused-ring (bicyclic) bond motifs is 1. The van der Waals surface area contributed by atoms with E-state index in [-0.39, 0.29) is 11.5 Å². The van der Waals surface area contributed by atoms with Gasteiger partial charge in [-0.05, 0) is 6.07 Å². The molecule has 8 heteroatoms. The number of anilines is 1. The lowest BCUT2D eigenvalue weighted by Crippen LogP contribution is -1.98. The first kappa shape index (κ1) is 16.7. The van der Waals surface area contributed by atoms with E-state index in [4.69, 9.17) is 9.47 Å². The van der Waals surface area contributed by atoms with E-state index in [9.17, 15) is 8.78 Å². The molecule has 0 fully saturated rings. The van der Waals surface area contributed by atoms with Crippen LogP contribution in [-0.2, 0) is 0 Å². The van der Waals surface area contributed by atoms with Crippen LogP contribution in [0.5, 0.6) is 11.5 Å². The van der Waals surface area contributed by atoms with Crippen LogP contribution < -0.4 is 14.8 Å². The molecule has 0 spiro atoms. The van der Waals surface area contributed by atoms with Gasteiger partial charge in [-0.1, -0.05) is 0 Å². The average molecular weight is 346 g/mol. The van der Waals surface area contributed by atoms with Crippen LogP contribution in [0.2, 0.25) is 0 Å². The van der Waals surface area contributed by atoms with Crippen molar-refractivity contribution in [2.75, 3.05) is 26.6 Å². The molecule has 0 saturated carbocycles.